The molecule has 0 bridgehead atoms. The molecule has 76 valence electrons. The smallest absolute Gasteiger partial charge is 0.147 e. The lowest BCUT2D eigenvalue weighted by Crippen LogP contribution is -2.30. The molecule has 0 amide bonds. The first kappa shape index (κ1) is 9.87. The molecule has 1 atom stereocenters. The van der Waals surface area contributed by atoms with Gasteiger partial charge < -0.3 is 0 Å². The van der Waals surface area contributed by atoms with E-state index >= 15 is 0 Å². The fourth-order valence-electron chi connectivity index (χ4n) is 1.97. The summed E-state index contributed by atoms with van der Waals surface area (Å²) in [6.07, 6.45) is 7.10. The molecule has 0 radical (unpaired) electrons. The quantitative estimate of drug-likeness (QED) is 0.714. The van der Waals surface area contributed by atoms with Crippen LogP contribution in [0.3, 0.4) is 0 Å². The summed E-state index contributed by atoms with van der Waals surface area (Å²) in [5, 5.41) is 0.487. The van der Waals surface area contributed by atoms with Crippen LogP contribution in [0.1, 0.15) is 31.0 Å². The normalized spacial score (nSPS) is 23.7. The molecule has 1 aliphatic rings. The number of piperidine rings is 1. The molecule has 2 heterocycles. The van der Waals surface area contributed by atoms with Crippen molar-refractivity contribution in [3.63, 3.8) is 0 Å². The molecule has 0 aliphatic carbocycles. The highest BCUT2D eigenvalue weighted by molar-refractivity contribution is 6.29. The minimum Gasteiger partial charge on any atom is -0.298 e. The van der Waals surface area contributed by atoms with Gasteiger partial charge in [0, 0.05) is 0 Å². The average molecular weight is 212 g/mol. The zero-order chi connectivity index (χ0) is 9.97. The molecule has 0 N–H and O–H groups in total. The van der Waals surface area contributed by atoms with Crippen molar-refractivity contribution in [2.75, 3.05) is 13.6 Å². The summed E-state index contributed by atoms with van der Waals surface area (Å²) < 4.78 is 0. The van der Waals surface area contributed by atoms with Crippen molar-refractivity contribution in [3.8, 4) is 0 Å². The Morgan fingerprint density at radius 2 is 2.29 bits per heavy atom. The van der Waals surface area contributed by atoms with Gasteiger partial charge in [0.1, 0.15) is 5.15 Å². The Balaban J connectivity index is 2.20. The van der Waals surface area contributed by atoms with Gasteiger partial charge in [0.05, 0.1) is 24.1 Å². The van der Waals surface area contributed by atoms with Gasteiger partial charge in [0.2, 0.25) is 0 Å². The summed E-state index contributed by atoms with van der Waals surface area (Å²) >= 11 is 5.82. The second-order valence-electron chi connectivity index (χ2n) is 3.76. The van der Waals surface area contributed by atoms with Gasteiger partial charge >= 0.3 is 0 Å². The Kier molecular flexibility index (Phi) is 2.99. The van der Waals surface area contributed by atoms with E-state index in [0.29, 0.717) is 11.2 Å². The van der Waals surface area contributed by atoms with Gasteiger partial charge in [-0.05, 0) is 26.4 Å². The lowest BCUT2D eigenvalue weighted by Gasteiger charge is -2.31. The number of likely N-dealkylation sites (tertiary alicyclic amines) is 1. The van der Waals surface area contributed by atoms with E-state index in [4.69, 9.17) is 11.6 Å². The fraction of sp³-hybridized carbons (Fsp3) is 0.600. The third-order valence-corrected chi connectivity index (χ3v) is 2.92. The summed E-state index contributed by atoms with van der Waals surface area (Å²) in [6, 6.07) is 0.398. The molecule has 0 unspecified atom stereocenters. The van der Waals surface area contributed by atoms with Crippen molar-refractivity contribution in [1.82, 2.24) is 14.9 Å². The number of hydrogen-bond acceptors (Lipinski definition) is 3. The van der Waals surface area contributed by atoms with Crippen LogP contribution in [-0.2, 0) is 0 Å². The predicted molar refractivity (Wildman–Crippen MR) is 56.3 cm³/mol. The second-order valence-corrected chi connectivity index (χ2v) is 4.15. The Hall–Kier alpha value is -0.670. The first-order chi connectivity index (χ1) is 6.77. The molecule has 1 aliphatic heterocycles. The number of rotatable bonds is 1. The molecule has 4 heteroatoms. The first-order valence-corrected chi connectivity index (χ1v) is 5.33. The molecule has 0 spiro atoms. The molecular formula is C10H14ClN3. The summed E-state index contributed by atoms with van der Waals surface area (Å²) in [5.74, 6) is 0. The summed E-state index contributed by atoms with van der Waals surface area (Å²) in [5.41, 5.74) is 1.000. The first-order valence-electron chi connectivity index (χ1n) is 4.95. The molecule has 2 rings (SSSR count). The summed E-state index contributed by atoms with van der Waals surface area (Å²) in [4.78, 5) is 10.7. The number of nitrogens with zero attached hydrogens (tertiary/aromatic N) is 3. The SMILES string of the molecule is CN1CCCC[C@H]1c1cncc(Cl)n1. The maximum atomic E-state index is 5.82. The highest BCUT2D eigenvalue weighted by Gasteiger charge is 2.21. The van der Waals surface area contributed by atoms with E-state index in [1.807, 2.05) is 6.20 Å². The standard InChI is InChI=1S/C10H14ClN3/c1-14-5-3-2-4-9(14)8-6-12-7-10(11)13-8/h6-7,9H,2-5H2,1H3/t9-/m0/s1. The van der Waals surface area contributed by atoms with Gasteiger partial charge in [0.15, 0.2) is 0 Å². The third-order valence-electron chi connectivity index (χ3n) is 2.74. The van der Waals surface area contributed by atoms with Crippen LogP contribution in [0.2, 0.25) is 5.15 Å². The minimum absolute atomic E-state index is 0.398. The van der Waals surface area contributed by atoms with Crippen molar-refractivity contribution < 1.29 is 0 Å². The van der Waals surface area contributed by atoms with Crippen molar-refractivity contribution in [2.24, 2.45) is 0 Å². The van der Waals surface area contributed by atoms with Crippen LogP contribution >= 0.6 is 11.6 Å². The predicted octanol–water partition coefficient (Wildman–Crippen LogP) is 2.29. The van der Waals surface area contributed by atoms with E-state index in [1.54, 1.807) is 6.20 Å². The van der Waals surface area contributed by atoms with Crippen LogP contribution in [-0.4, -0.2) is 28.5 Å². The molecule has 0 aromatic carbocycles. The minimum atomic E-state index is 0.398. The molecule has 1 saturated heterocycles. The van der Waals surface area contributed by atoms with Gasteiger partial charge in [-0.1, -0.05) is 18.0 Å². The van der Waals surface area contributed by atoms with Crippen LogP contribution in [0.5, 0.6) is 0 Å². The monoisotopic (exact) mass is 211 g/mol. The molecular weight excluding hydrogens is 198 g/mol. The Morgan fingerprint density at radius 1 is 1.43 bits per heavy atom. The van der Waals surface area contributed by atoms with E-state index in [1.165, 1.54) is 12.8 Å². The number of hydrogen-bond donors (Lipinski definition) is 0. The maximum Gasteiger partial charge on any atom is 0.147 e. The zero-order valence-corrected chi connectivity index (χ0v) is 9.04. The largest absolute Gasteiger partial charge is 0.298 e. The average Bonchev–Trinajstić information content (AvgIpc) is 2.18. The van der Waals surface area contributed by atoms with Gasteiger partial charge in [-0.2, -0.15) is 0 Å². The van der Waals surface area contributed by atoms with E-state index < -0.39 is 0 Å². The highest BCUT2D eigenvalue weighted by Crippen LogP contribution is 2.28. The van der Waals surface area contributed by atoms with Gasteiger partial charge in [-0.25, -0.2) is 4.98 Å². The van der Waals surface area contributed by atoms with Gasteiger partial charge in [0.25, 0.3) is 0 Å². The summed E-state index contributed by atoms with van der Waals surface area (Å²) in [7, 11) is 2.13. The highest BCUT2D eigenvalue weighted by atomic mass is 35.5. The van der Waals surface area contributed by atoms with Crippen molar-refractivity contribution in [3.05, 3.63) is 23.2 Å². The summed E-state index contributed by atoms with van der Waals surface area (Å²) in [6.45, 7) is 1.14. The maximum absolute atomic E-state index is 5.82. The van der Waals surface area contributed by atoms with Crippen LogP contribution in [0.15, 0.2) is 12.4 Å². The lowest BCUT2D eigenvalue weighted by atomic mass is 10.0. The molecule has 0 saturated carbocycles. The van der Waals surface area contributed by atoms with Crippen molar-refractivity contribution in [2.45, 2.75) is 25.3 Å². The molecule has 3 nitrogen and oxygen atoms in total. The second kappa shape index (κ2) is 4.24. The number of halogens is 1. The van der Waals surface area contributed by atoms with Gasteiger partial charge in [-0.3, -0.25) is 9.88 Å². The van der Waals surface area contributed by atoms with Crippen molar-refractivity contribution >= 4 is 11.6 Å². The topological polar surface area (TPSA) is 29.0 Å². The van der Waals surface area contributed by atoms with Crippen LogP contribution in [0, 0.1) is 0 Å². The lowest BCUT2D eigenvalue weighted by molar-refractivity contribution is 0.183. The fourth-order valence-corrected chi connectivity index (χ4v) is 2.12. The van der Waals surface area contributed by atoms with Crippen LogP contribution in [0.25, 0.3) is 0 Å². The van der Waals surface area contributed by atoms with E-state index in [2.05, 4.69) is 21.9 Å². The van der Waals surface area contributed by atoms with E-state index in [-0.39, 0.29) is 0 Å². The van der Waals surface area contributed by atoms with Gasteiger partial charge in [-0.15, -0.1) is 0 Å². The molecule has 1 fully saturated rings. The molecule has 1 aromatic heterocycles. The Bertz CT molecular complexity index is 316. The molecule has 14 heavy (non-hydrogen) atoms. The number of aromatic nitrogens is 2. The molecule has 1 aromatic rings. The Labute approximate surface area is 89.1 Å². The van der Waals surface area contributed by atoms with E-state index in [9.17, 15) is 0 Å². The third kappa shape index (κ3) is 2.04. The van der Waals surface area contributed by atoms with Crippen LogP contribution in [0.4, 0.5) is 0 Å². The zero-order valence-electron chi connectivity index (χ0n) is 8.28. The van der Waals surface area contributed by atoms with E-state index in [0.717, 1.165) is 18.7 Å². The Morgan fingerprint density at radius 3 is 3.00 bits per heavy atom. The van der Waals surface area contributed by atoms with Crippen LogP contribution < -0.4 is 0 Å². The van der Waals surface area contributed by atoms with Crippen molar-refractivity contribution in [1.29, 1.82) is 0 Å².